The quantitative estimate of drug-likeness (QED) is 0.278. The third-order valence-electron chi connectivity index (χ3n) is 6.97. The number of hydrogen-bond acceptors (Lipinski definition) is 5. The Morgan fingerprint density at radius 2 is 1.85 bits per heavy atom. The third kappa shape index (κ3) is 5.16. The lowest BCUT2D eigenvalue weighted by Gasteiger charge is -2.30. The molecule has 7 nitrogen and oxygen atoms in total. The Balaban J connectivity index is 1.40. The lowest BCUT2D eigenvalue weighted by Crippen LogP contribution is -2.38. The Hall–Kier alpha value is -4.24. The van der Waals surface area contributed by atoms with Crippen LogP contribution in [-0.2, 0) is 18.9 Å². The van der Waals surface area contributed by atoms with E-state index in [1.165, 1.54) is 12.1 Å². The van der Waals surface area contributed by atoms with Gasteiger partial charge >= 0.3 is 0 Å². The van der Waals surface area contributed by atoms with Crippen LogP contribution < -0.4 is 14.8 Å². The molecule has 1 aliphatic rings. The summed E-state index contributed by atoms with van der Waals surface area (Å²) in [6.45, 7) is 1.47. The summed E-state index contributed by atoms with van der Waals surface area (Å²) in [5.74, 6) is -2.75. The van der Waals surface area contributed by atoms with Gasteiger partial charge in [-0.3, -0.25) is 14.6 Å². The van der Waals surface area contributed by atoms with Crippen LogP contribution in [0.1, 0.15) is 44.3 Å². The zero-order valence-electron chi connectivity index (χ0n) is 22.1. The molecule has 3 aromatic carbocycles. The summed E-state index contributed by atoms with van der Waals surface area (Å²) >= 11 is 5.93. The predicted octanol–water partition coefficient (Wildman–Crippen LogP) is 6.47. The zero-order chi connectivity index (χ0) is 28.6. The summed E-state index contributed by atoms with van der Waals surface area (Å²) in [6.07, 6.45) is 2.13. The van der Waals surface area contributed by atoms with Gasteiger partial charge in [-0.1, -0.05) is 17.7 Å². The van der Waals surface area contributed by atoms with Crippen LogP contribution in [0.15, 0.2) is 60.8 Å². The van der Waals surface area contributed by atoms with Gasteiger partial charge < -0.3 is 19.7 Å². The van der Waals surface area contributed by atoms with E-state index in [-0.39, 0.29) is 22.2 Å². The van der Waals surface area contributed by atoms with Crippen LogP contribution in [0.2, 0.25) is 5.02 Å². The molecule has 0 aliphatic carbocycles. The van der Waals surface area contributed by atoms with Gasteiger partial charge in [0.2, 0.25) is 0 Å². The van der Waals surface area contributed by atoms with Crippen molar-refractivity contribution >= 4 is 40.0 Å². The molecule has 1 N–H and O–H groups in total. The van der Waals surface area contributed by atoms with Gasteiger partial charge in [-0.15, -0.1) is 0 Å². The van der Waals surface area contributed by atoms with E-state index in [0.29, 0.717) is 53.2 Å². The molecule has 0 unspecified atom stereocenters. The average Bonchev–Trinajstić information content (AvgIpc) is 2.94. The molecule has 5 rings (SSSR count). The molecule has 0 bridgehead atoms. The maximum atomic E-state index is 13.9. The van der Waals surface area contributed by atoms with Crippen LogP contribution in [0.25, 0.3) is 10.9 Å². The van der Waals surface area contributed by atoms with Crippen LogP contribution >= 0.6 is 11.6 Å². The molecule has 2 heterocycles. The predicted molar refractivity (Wildman–Crippen MR) is 149 cm³/mol. The highest BCUT2D eigenvalue weighted by Gasteiger charge is 2.30. The van der Waals surface area contributed by atoms with Crippen molar-refractivity contribution in [2.45, 2.75) is 25.8 Å². The Bertz CT molecular complexity index is 1640. The number of nitrogens with one attached hydrogen (secondary N) is 1. The van der Waals surface area contributed by atoms with Gasteiger partial charge in [0.15, 0.2) is 11.5 Å². The van der Waals surface area contributed by atoms with E-state index >= 15 is 0 Å². The molecule has 206 valence electrons. The number of hydrogen-bond donors (Lipinski definition) is 1. The van der Waals surface area contributed by atoms with Gasteiger partial charge in [-0.25, -0.2) is 8.78 Å². The molecule has 1 aromatic heterocycles. The number of pyridine rings is 1. The van der Waals surface area contributed by atoms with E-state index < -0.39 is 11.8 Å². The number of amides is 2. The molecule has 0 fully saturated rings. The molecule has 4 aromatic rings. The fourth-order valence-electron chi connectivity index (χ4n) is 4.95. The minimum Gasteiger partial charge on any atom is -0.493 e. The third-order valence-corrected chi connectivity index (χ3v) is 7.30. The number of ether oxygens (including phenoxy) is 2. The molecule has 2 amide bonds. The molecule has 0 atom stereocenters. The van der Waals surface area contributed by atoms with Gasteiger partial charge in [-0.2, -0.15) is 0 Å². The van der Waals surface area contributed by atoms with Crippen molar-refractivity contribution < 1.29 is 27.8 Å². The van der Waals surface area contributed by atoms with Gasteiger partial charge in [0.05, 0.1) is 19.7 Å². The lowest BCUT2D eigenvalue weighted by molar-refractivity contribution is 0.0176. The summed E-state index contributed by atoms with van der Waals surface area (Å²) < 4.78 is 38.7. The van der Waals surface area contributed by atoms with E-state index in [0.717, 1.165) is 23.9 Å². The largest absolute Gasteiger partial charge is 0.493 e. The van der Waals surface area contributed by atoms with E-state index in [9.17, 15) is 18.4 Å². The van der Waals surface area contributed by atoms with Gasteiger partial charge in [0.1, 0.15) is 0 Å². The highest BCUT2D eigenvalue weighted by Crippen LogP contribution is 2.36. The number of rotatable bonds is 7. The summed E-state index contributed by atoms with van der Waals surface area (Å²) in [6, 6.07) is 14.4. The topological polar surface area (TPSA) is 80.8 Å². The van der Waals surface area contributed by atoms with Gasteiger partial charge in [-0.05, 0) is 60.0 Å². The minimum absolute atomic E-state index is 0.0900. The molecule has 40 heavy (non-hydrogen) atoms. The highest BCUT2D eigenvalue weighted by atomic mass is 35.5. The first-order valence-corrected chi connectivity index (χ1v) is 12.9. The summed E-state index contributed by atoms with van der Waals surface area (Å²) in [5.41, 5.74) is 2.76. The Kier molecular flexibility index (Phi) is 7.33. The average molecular weight is 566 g/mol. The first-order chi connectivity index (χ1) is 19.1. The van der Waals surface area contributed by atoms with Crippen molar-refractivity contribution in [3.63, 3.8) is 0 Å². The monoisotopic (exact) mass is 565 g/mol. The molecule has 0 radical (unpaired) electrons. The summed E-state index contributed by atoms with van der Waals surface area (Å²) in [4.78, 5) is 32.9. The Morgan fingerprint density at radius 3 is 2.58 bits per heavy atom. The molecule has 0 saturated carbocycles. The van der Waals surface area contributed by atoms with Crippen molar-refractivity contribution in [3.05, 3.63) is 93.6 Å². The summed E-state index contributed by atoms with van der Waals surface area (Å²) in [5, 5.41) is 3.42. The molecule has 1 aliphatic heterocycles. The van der Waals surface area contributed by atoms with Crippen molar-refractivity contribution in [1.29, 1.82) is 0 Å². The van der Waals surface area contributed by atoms with Crippen LogP contribution in [0.5, 0.6) is 11.5 Å². The molecule has 0 saturated heterocycles. The highest BCUT2D eigenvalue weighted by molar-refractivity contribution is 6.31. The number of anilines is 1. The Labute approximate surface area is 234 Å². The smallest absolute Gasteiger partial charge is 0.272 e. The molecular weight excluding hydrogens is 540 g/mol. The number of nitrogens with zero attached hydrogens (tertiary/aromatic N) is 2. The Morgan fingerprint density at radius 1 is 1.10 bits per heavy atom. The van der Waals surface area contributed by atoms with E-state index in [1.54, 1.807) is 49.6 Å². The second kappa shape index (κ2) is 10.7. The molecule has 10 heteroatoms. The van der Waals surface area contributed by atoms with E-state index in [2.05, 4.69) is 10.3 Å². The van der Waals surface area contributed by atoms with Gasteiger partial charge in [0, 0.05) is 65.1 Å². The van der Waals surface area contributed by atoms with E-state index in [4.69, 9.17) is 21.1 Å². The first kappa shape index (κ1) is 27.3. The number of benzene rings is 3. The number of carbonyl (C=O) groups is 2. The van der Waals surface area contributed by atoms with E-state index in [1.807, 2.05) is 12.1 Å². The van der Waals surface area contributed by atoms with Crippen LogP contribution in [-0.4, -0.2) is 42.5 Å². The van der Waals surface area contributed by atoms with Crippen LogP contribution in [0.3, 0.4) is 0 Å². The number of halogens is 3. The molecule has 0 spiro atoms. The number of methoxy groups -OCH3 is 2. The minimum atomic E-state index is -3.17. The maximum Gasteiger partial charge on any atom is 0.272 e. The second-order valence-corrected chi connectivity index (χ2v) is 9.95. The number of aromatic nitrogens is 1. The first-order valence-electron chi connectivity index (χ1n) is 12.5. The SMILES string of the molecule is COc1cc2nccc(CN3CCc4c(C(=O)Nc5ccc(Cl)c(C(C)(F)F)c5)cccc4C3=O)c2cc1OC. The van der Waals surface area contributed by atoms with Crippen molar-refractivity contribution in [1.82, 2.24) is 9.88 Å². The van der Waals surface area contributed by atoms with Crippen LogP contribution in [0.4, 0.5) is 14.5 Å². The maximum absolute atomic E-state index is 13.9. The number of carbonyl (C=O) groups excluding carboxylic acids is 2. The number of fused-ring (bicyclic) bond motifs is 2. The van der Waals surface area contributed by atoms with Crippen LogP contribution in [0, 0.1) is 0 Å². The fraction of sp³-hybridized carbons (Fsp3) is 0.233. The second-order valence-electron chi connectivity index (χ2n) is 9.54. The van der Waals surface area contributed by atoms with Crippen molar-refractivity contribution in [2.75, 3.05) is 26.1 Å². The zero-order valence-corrected chi connectivity index (χ0v) is 22.8. The standard InChI is InChI=1S/C30H26ClF2N3O4/c1-30(32,33)23-13-18(7-8-24(23)31)35-28(37)20-5-4-6-21-19(20)10-12-36(29(21)38)16-17-9-11-34-25-15-27(40-3)26(39-2)14-22(17)25/h4-9,11,13-15H,10,12,16H2,1-3H3,(H,35,37). The van der Waals surface area contributed by atoms with Gasteiger partial charge in [0.25, 0.3) is 17.7 Å². The van der Waals surface area contributed by atoms with Crippen molar-refractivity contribution in [3.8, 4) is 11.5 Å². The fourth-order valence-corrected chi connectivity index (χ4v) is 5.23. The molecular formula is C30H26ClF2N3O4. The number of alkyl halides is 2. The van der Waals surface area contributed by atoms with Crippen molar-refractivity contribution in [2.24, 2.45) is 0 Å². The summed E-state index contributed by atoms with van der Waals surface area (Å²) in [7, 11) is 3.12. The normalized spacial score (nSPS) is 13.2. The lowest BCUT2D eigenvalue weighted by atomic mass is 9.93.